The second-order valence-electron chi connectivity index (χ2n) is 7.47. The third kappa shape index (κ3) is 2.29. The lowest BCUT2D eigenvalue weighted by atomic mass is 9.63. The summed E-state index contributed by atoms with van der Waals surface area (Å²) in [4.78, 5) is 39.2. The fourth-order valence-electron chi connectivity index (χ4n) is 5.05. The number of rotatable bonds is 3. The Bertz CT molecular complexity index is 782. The molecule has 1 aromatic carbocycles. The number of allylic oxidation sites excluding steroid dienone is 2. The van der Waals surface area contributed by atoms with Crippen LogP contribution in [0.2, 0.25) is 0 Å². The molecule has 6 heteroatoms. The van der Waals surface area contributed by atoms with Crippen LogP contribution in [-0.2, 0) is 14.4 Å². The fraction of sp³-hybridized carbons (Fsp3) is 0.421. The highest BCUT2D eigenvalue weighted by molar-refractivity contribution is 14.1. The summed E-state index contributed by atoms with van der Waals surface area (Å²) in [6, 6.07) is 7.41. The Hall–Kier alpha value is -1.70. The molecule has 5 aliphatic rings. The van der Waals surface area contributed by atoms with Crippen molar-refractivity contribution in [2.75, 3.05) is 11.9 Å². The lowest BCUT2D eigenvalue weighted by Crippen LogP contribution is -2.40. The average molecular weight is 448 g/mol. The van der Waals surface area contributed by atoms with Crippen LogP contribution in [-0.4, -0.2) is 29.2 Å². The van der Waals surface area contributed by atoms with Crippen molar-refractivity contribution in [3.05, 3.63) is 40.0 Å². The zero-order chi connectivity index (χ0) is 17.3. The summed E-state index contributed by atoms with van der Waals surface area (Å²) in [6.45, 7) is -0.189. The van der Waals surface area contributed by atoms with E-state index in [0.717, 1.165) is 9.99 Å². The van der Waals surface area contributed by atoms with Gasteiger partial charge in [-0.1, -0.05) is 12.2 Å². The van der Waals surface area contributed by atoms with Gasteiger partial charge < -0.3 is 5.32 Å². The van der Waals surface area contributed by atoms with Gasteiger partial charge in [0.05, 0.1) is 11.8 Å². The van der Waals surface area contributed by atoms with E-state index in [1.54, 1.807) is 0 Å². The number of anilines is 1. The van der Waals surface area contributed by atoms with Crippen molar-refractivity contribution in [1.82, 2.24) is 4.90 Å². The van der Waals surface area contributed by atoms with E-state index in [0.29, 0.717) is 17.5 Å². The highest BCUT2D eigenvalue weighted by Crippen LogP contribution is 2.65. The van der Waals surface area contributed by atoms with E-state index < -0.39 is 0 Å². The van der Waals surface area contributed by atoms with E-state index in [1.807, 2.05) is 24.3 Å². The molecule has 128 valence electrons. The molecule has 4 aliphatic carbocycles. The van der Waals surface area contributed by atoms with Crippen molar-refractivity contribution < 1.29 is 14.4 Å². The summed E-state index contributed by atoms with van der Waals surface area (Å²) in [6.07, 6.45) is 5.42. The molecule has 0 unspecified atom stereocenters. The standard InChI is InChI=1S/C19H17IN2O3/c20-9-1-3-10(4-2-9)21-15(23)8-22-18(24)16-11-5-6-12(14-7-13(11)14)17(16)19(22)25/h1-6,11-14,16-17H,7-8H2,(H,21,23)/t11-,12-,13-,14-,16-,17+/m0/s1. The Kier molecular flexibility index (Phi) is 3.36. The smallest absolute Gasteiger partial charge is 0.244 e. The quantitative estimate of drug-likeness (QED) is 0.439. The molecule has 5 nitrogen and oxygen atoms in total. The maximum atomic E-state index is 12.8. The lowest BCUT2D eigenvalue weighted by molar-refractivity contribution is -0.142. The number of nitrogens with one attached hydrogen (secondary N) is 1. The first kappa shape index (κ1) is 15.5. The van der Waals surface area contributed by atoms with Crippen LogP contribution >= 0.6 is 22.6 Å². The van der Waals surface area contributed by atoms with Crippen LogP contribution in [0.5, 0.6) is 0 Å². The van der Waals surface area contributed by atoms with Gasteiger partial charge >= 0.3 is 0 Å². The van der Waals surface area contributed by atoms with Gasteiger partial charge in [0.1, 0.15) is 6.54 Å². The molecule has 1 aliphatic heterocycles. The number of likely N-dealkylation sites (tertiary alicyclic amines) is 1. The minimum absolute atomic E-state index is 0.155. The van der Waals surface area contributed by atoms with E-state index in [-0.39, 0.29) is 47.9 Å². The SMILES string of the molecule is O=C(CN1C(=O)[C@@H]2[C@H]3C=C[C@@H]([C@@H]4C[C@@H]34)[C@@H]2C1=O)Nc1ccc(I)cc1. The molecule has 1 N–H and O–H groups in total. The van der Waals surface area contributed by atoms with Crippen LogP contribution in [0.15, 0.2) is 36.4 Å². The molecule has 3 amide bonds. The third-order valence-corrected chi connectivity index (χ3v) is 6.90. The summed E-state index contributed by atoms with van der Waals surface area (Å²) in [5, 5.41) is 2.77. The molecule has 6 rings (SSSR count). The van der Waals surface area contributed by atoms with Crippen LogP contribution in [0.3, 0.4) is 0 Å². The molecule has 2 bridgehead atoms. The molecular formula is C19H17IN2O3. The van der Waals surface area contributed by atoms with Crippen LogP contribution in [0.25, 0.3) is 0 Å². The molecule has 1 aromatic rings. The minimum Gasteiger partial charge on any atom is -0.325 e. The molecule has 0 spiro atoms. The highest BCUT2D eigenvalue weighted by atomic mass is 127. The zero-order valence-corrected chi connectivity index (χ0v) is 15.5. The van der Waals surface area contributed by atoms with E-state index in [2.05, 4.69) is 40.1 Å². The Morgan fingerprint density at radius 3 is 2.16 bits per heavy atom. The van der Waals surface area contributed by atoms with Crippen LogP contribution in [0.4, 0.5) is 5.69 Å². The maximum absolute atomic E-state index is 12.8. The van der Waals surface area contributed by atoms with Gasteiger partial charge in [0.2, 0.25) is 17.7 Å². The molecule has 0 radical (unpaired) electrons. The second kappa shape index (κ2) is 5.40. The van der Waals surface area contributed by atoms with Gasteiger partial charge in [-0.25, -0.2) is 0 Å². The summed E-state index contributed by atoms with van der Waals surface area (Å²) >= 11 is 2.19. The van der Waals surface area contributed by atoms with Gasteiger partial charge in [-0.3, -0.25) is 19.3 Å². The summed E-state index contributed by atoms with van der Waals surface area (Å²) < 4.78 is 1.08. The molecule has 0 aromatic heterocycles. The zero-order valence-electron chi connectivity index (χ0n) is 13.4. The predicted molar refractivity (Wildman–Crippen MR) is 99.2 cm³/mol. The number of benzene rings is 1. The van der Waals surface area contributed by atoms with Crippen molar-refractivity contribution in [2.45, 2.75) is 6.42 Å². The molecule has 3 fully saturated rings. The van der Waals surface area contributed by atoms with Crippen molar-refractivity contribution in [2.24, 2.45) is 35.5 Å². The Labute approximate surface area is 159 Å². The number of amides is 3. The van der Waals surface area contributed by atoms with E-state index in [9.17, 15) is 14.4 Å². The van der Waals surface area contributed by atoms with Crippen LogP contribution < -0.4 is 5.32 Å². The fourth-order valence-corrected chi connectivity index (χ4v) is 5.41. The minimum atomic E-state index is -0.327. The van der Waals surface area contributed by atoms with Crippen molar-refractivity contribution in [3.8, 4) is 0 Å². The van der Waals surface area contributed by atoms with Crippen molar-refractivity contribution in [1.29, 1.82) is 0 Å². The number of carbonyl (C=O) groups is 3. The molecule has 6 atom stereocenters. The first-order valence-corrected chi connectivity index (χ1v) is 9.71. The number of imide groups is 1. The van der Waals surface area contributed by atoms with Gasteiger partial charge in [0.15, 0.2) is 0 Å². The van der Waals surface area contributed by atoms with Gasteiger partial charge in [0, 0.05) is 9.26 Å². The lowest BCUT2D eigenvalue weighted by Gasteiger charge is -2.37. The normalized spacial score (nSPS) is 37.1. The van der Waals surface area contributed by atoms with Gasteiger partial charge in [-0.15, -0.1) is 0 Å². The Morgan fingerprint density at radius 2 is 1.60 bits per heavy atom. The summed E-state index contributed by atoms with van der Waals surface area (Å²) in [5.74, 6) is 0.431. The molecular weight excluding hydrogens is 431 g/mol. The second-order valence-corrected chi connectivity index (χ2v) is 8.72. The number of halogens is 1. The molecule has 2 saturated carbocycles. The van der Waals surface area contributed by atoms with Crippen LogP contribution in [0.1, 0.15) is 6.42 Å². The van der Waals surface area contributed by atoms with E-state index in [1.165, 1.54) is 4.90 Å². The molecule has 1 saturated heterocycles. The maximum Gasteiger partial charge on any atom is 0.244 e. The van der Waals surface area contributed by atoms with E-state index >= 15 is 0 Å². The van der Waals surface area contributed by atoms with Crippen molar-refractivity contribution >= 4 is 46.0 Å². The van der Waals surface area contributed by atoms with Crippen LogP contribution in [0, 0.1) is 39.1 Å². The molecule has 25 heavy (non-hydrogen) atoms. The number of hydrogen-bond donors (Lipinski definition) is 1. The van der Waals surface area contributed by atoms with Gasteiger partial charge in [0.25, 0.3) is 0 Å². The predicted octanol–water partition coefficient (Wildman–Crippen LogP) is 2.28. The monoisotopic (exact) mass is 448 g/mol. The van der Waals surface area contributed by atoms with Crippen molar-refractivity contribution in [3.63, 3.8) is 0 Å². The van der Waals surface area contributed by atoms with E-state index in [4.69, 9.17) is 0 Å². The summed E-state index contributed by atoms with van der Waals surface area (Å²) in [7, 11) is 0. The average Bonchev–Trinajstić information content (AvgIpc) is 3.38. The Morgan fingerprint density at radius 1 is 1.04 bits per heavy atom. The first-order chi connectivity index (χ1) is 12.0. The third-order valence-electron chi connectivity index (χ3n) is 6.18. The largest absolute Gasteiger partial charge is 0.325 e. The Balaban J connectivity index is 1.32. The summed E-state index contributed by atoms with van der Waals surface area (Å²) in [5.41, 5.74) is 0.671. The van der Waals surface area contributed by atoms with Gasteiger partial charge in [-0.2, -0.15) is 0 Å². The molecule has 1 heterocycles. The topological polar surface area (TPSA) is 66.5 Å². The number of carbonyl (C=O) groups excluding carboxylic acids is 3. The number of hydrogen-bond acceptors (Lipinski definition) is 3. The number of nitrogens with zero attached hydrogens (tertiary/aromatic N) is 1. The van der Waals surface area contributed by atoms with Gasteiger partial charge in [-0.05, 0) is 76.9 Å². The first-order valence-electron chi connectivity index (χ1n) is 8.63. The highest BCUT2D eigenvalue weighted by Gasteiger charge is 2.67.